The second-order valence-corrected chi connectivity index (χ2v) is 9.63. The highest BCUT2D eigenvalue weighted by atomic mass is 16.7. The topological polar surface area (TPSA) is 101 Å². The number of esters is 1. The molecule has 0 aromatic rings. The largest absolute Gasteiger partial charge is 0.478 e. The molecule has 4 aliphatic carbocycles. The van der Waals surface area contributed by atoms with Gasteiger partial charge in [0.1, 0.15) is 6.61 Å². The number of rotatable bonds is 14. The summed E-state index contributed by atoms with van der Waals surface area (Å²) in [6.45, 7) is 6.96. The van der Waals surface area contributed by atoms with Gasteiger partial charge in [0, 0.05) is 18.1 Å². The Balaban J connectivity index is 0.000000211. The maximum absolute atomic E-state index is 11.1. The zero-order valence-electron chi connectivity index (χ0n) is 22.0. The Bertz CT molecular complexity index is 833. The number of ether oxygens (including phenoxy) is 5. The van der Waals surface area contributed by atoms with Crippen molar-refractivity contribution in [1.82, 2.24) is 0 Å². The van der Waals surface area contributed by atoms with Gasteiger partial charge >= 0.3 is 11.9 Å². The van der Waals surface area contributed by atoms with Crippen molar-refractivity contribution in [3.05, 3.63) is 73.4 Å². The van der Waals surface area contributed by atoms with Gasteiger partial charge in [-0.25, -0.2) is 9.59 Å². The molecule has 0 atom stereocenters. The number of hydrogen-bond donors (Lipinski definition) is 1. The van der Waals surface area contributed by atoms with Crippen molar-refractivity contribution in [2.24, 2.45) is 0 Å². The molecule has 0 amide bonds. The number of carboxylic acid groups (broad SMARTS) is 1. The molecule has 4 aliphatic rings. The van der Waals surface area contributed by atoms with Crippen LogP contribution < -0.4 is 0 Å². The van der Waals surface area contributed by atoms with Crippen LogP contribution in [-0.4, -0.2) is 60.6 Å². The van der Waals surface area contributed by atoms with E-state index in [0.29, 0.717) is 0 Å². The van der Waals surface area contributed by atoms with Crippen LogP contribution in [0.2, 0.25) is 0 Å². The minimum atomic E-state index is -0.963. The molecule has 0 aliphatic heterocycles. The molecular formula is C30H40O8. The second kappa shape index (κ2) is 16.2. The Hall–Kier alpha value is -2.78. The van der Waals surface area contributed by atoms with E-state index < -0.39 is 24.5 Å². The average molecular weight is 529 g/mol. The van der Waals surface area contributed by atoms with Gasteiger partial charge in [0.2, 0.25) is 0 Å². The van der Waals surface area contributed by atoms with Crippen LogP contribution in [0.3, 0.4) is 0 Å². The van der Waals surface area contributed by atoms with Crippen molar-refractivity contribution in [2.45, 2.75) is 94.8 Å². The summed E-state index contributed by atoms with van der Waals surface area (Å²) in [5.41, 5.74) is 0.168. The van der Waals surface area contributed by atoms with Gasteiger partial charge in [-0.3, -0.25) is 0 Å². The fourth-order valence-corrected chi connectivity index (χ4v) is 4.57. The van der Waals surface area contributed by atoms with Crippen molar-refractivity contribution >= 4 is 11.9 Å². The molecule has 0 heterocycles. The predicted molar refractivity (Wildman–Crippen MR) is 143 cm³/mol. The number of carbonyl (C=O) groups is 2. The van der Waals surface area contributed by atoms with Gasteiger partial charge in [0.25, 0.3) is 0 Å². The first-order valence-corrected chi connectivity index (χ1v) is 13.4. The quantitative estimate of drug-likeness (QED) is 0.184. The van der Waals surface area contributed by atoms with E-state index in [1.54, 1.807) is 0 Å². The van der Waals surface area contributed by atoms with E-state index in [0.717, 1.165) is 31.8 Å². The standard InChI is InChI=1S/C15H24O4.C15H16O4/c1-11(15(16)17)10-14(18-12-6-2-3-7-12)19-13-8-4-5-9-13;1-2-14(16)17-11-15(18-12-7-3-4-8-12)19-13-9-5-6-10-13/h12-14H,1-10H2,(H,16,17);2-10,12-13,15H,1,11H2. The lowest BCUT2D eigenvalue weighted by molar-refractivity contribution is -0.191. The highest BCUT2D eigenvalue weighted by molar-refractivity contribution is 5.85. The maximum atomic E-state index is 11.1. The summed E-state index contributed by atoms with van der Waals surface area (Å²) in [6, 6.07) is 0. The first-order valence-electron chi connectivity index (χ1n) is 13.4. The number of aliphatic carboxylic acids is 1. The highest BCUT2D eigenvalue weighted by Crippen LogP contribution is 2.28. The lowest BCUT2D eigenvalue weighted by Gasteiger charge is -2.25. The van der Waals surface area contributed by atoms with Crippen LogP contribution in [0.4, 0.5) is 0 Å². The molecule has 0 unspecified atom stereocenters. The monoisotopic (exact) mass is 528 g/mol. The van der Waals surface area contributed by atoms with E-state index in [4.69, 9.17) is 28.8 Å². The third kappa shape index (κ3) is 10.9. The molecule has 0 spiro atoms. The third-order valence-corrected chi connectivity index (χ3v) is 6.58. The molecule has 8 heteroatoms. The minimum absolute atomic E-state index is 0.0290. The summed E-state index contributed by atoms with van der Waals surface area (Å²) in [4.78, 5) is 22.0. The summed E-state index contributed by atoms with van der Waals surface area (Å²) in [6.07, 6.45) is 24.7. The summed E-state index contributed by atoms with van der Waals surface area (Å²) >= 11 is 0. The maximum Gasteiger partial charge on any atom is 0.331 e. The van der Waals surface area contributed by atoms with Crippen molar-refractivity contribution < 1.29 is 38.4 Å². The molecule has 8 nitrogen and oxygen atoms in total. The van der Waals surface area contributed by atoms with E-state index >= 15 is 0 Å². The van der Waals surface area contributed by atoms with Crippen molar-refractivity contribution in [2.75, 3.05) is 6.61 Å². The first kappa shape index (κ1) is 29.8. The van der Waals surface area contributed by atoms with Gasteiger partial charge in [-0.05, 0) is 25.7 Å². The fourth-order valence-electron chi connectivity index (χ4n) is 4.57. The first-order chi connectivity index (χ1) is 18.4. The number of allylic oxidation sites excluding steroid dienone is 4. The summed E-state index contributed by atoms with van der Waals surface area (Å²) in [5.74, 6) is -1.46. The van der Waals surface area contributed by atoms with E-state index in [-0.39, 0.29) is 43.0 Å². The Morgan fingerprint density at radius 2 is 1.24 bits per heavy atom. The molecule has 0 aromatic heterocycles. The Kier molecular flexibility index (Phi) is 12.7. The smallest absolute Gasteiger partial charge is 0.331 e. The van der Waals surface area contributed by atoms with Crippen molar-refractivity contribution in [3.63, 3.8) is 0 Å². The molecule has 208 valence electrons. The van der Waals surface area contributed by atoms with Crippen molar-refractivity contribution in [1.29, 1.82) is 0 Å². The van der Waals surface area contributed by atoms with Crippen LogP contribution in [-0.2, 0) is 33.3 Å². The van der Waals surface area contributed by atoms with Gasteiger partial charge in [-0.2, -0.15) is 0 Å². The van der Waals surface area contributed by atoms with Gasteiger partial charge in [0.05, 0.1) is 24.4 Å². The lowest BCUT2D eigenvalue weighted by Crippen LogP contribution is -2.30. The molecule has 0 aromatic carbocycles. The third-order valence-electron chi connectivity index (χ3n) is 6.58. The zero-order chi connectivity index (χ0) is 27.2. The summed E-state index contributed by atoms with van der Waals surface area (Å²) in [7, 11) is 0. The molecule has 0 bridgehead atoms. The number of carboxylic acids is 1. The van der Waals surface area contributed by atoms with E-state index in [9.17, 15) is 9.59 Å². The highest BCUT2D eigenvalue weighted by Gasteiger charge is 2.27. The normalized spacial score (nSPS) is 19.5. The summed E-state index contributed by atoms with van der Waals surface area (Å²) in [5, 5.41) is 8.94. The number of carbonyl (C=O) groups excluding carboxylic acids is 1. The van der Waals surface area contributed by atoms with Crippen LogP contribution in [0.25, 0.3) is 0 Å². The fraction of sp³-hybridized carbons (Fsp3) is 0.533. The molecule has 1 N–H and O–H groups in total. The van der Waals surface area contributed by atoms with Crippen molar-refractivity contribution in [3.8, 4) is 0 Å². The van der Waals surface area contributed by atoms with Crippen LogP contribution in [0, 0.1) is 0 Å². The average Bonchev–Trinajstić information content (AvgIpc) is 3.72. The van der Waals surface area contributed by atoms with Crippen LogP contribution in [0.1, 0.15) is 57.8 Å². The molecule has 4 rings (SSSR count). The molecular weight excluding hydrogens is 488 g/mol. The van der Waals surface area contributed by atoms with E-state index in [1.807, 2.05) is 48.6 Å². The van der Waals surface area contributed by atoms with E-state index in [2.05, 4.69) is 13.2 Å². The van der Waals surface area contributed by atoms with Gasteiger partial charge in [-0.15, -0.1) is 0 Å². The Morgan fingerprint density at radius 1 is 0.789 bits per heavy atom. The lowest BCUT2D eigenvalue weighted by atomic mass is 10.2. The molecule has 38 heavy (non-hydrogen) atoms. The van der Waals surface area contributed by atoms with Gasteiger partial charge in [-0.1, -0.05) is 87.4 Å². The predicted octanol–water partition coefficient (Wildman–Crippen LogP) is 5.33. The second-order valence-electron chi connectivity index (χ2n) is 9.63. The SMILES string of the molecule is C=C(CC(OC1CCCC1)OC1CCCC1)C(=O)O.C=CC(=O)OCC(OC1C=CC=C1)OC1C=CC=C1. The Morgan fingerprint density at radius 3 is 1.63 bits per heavy atom. The van der Waals surface area contributed by atoms with Gasteiger partial charge < -0.3 is 28.8 Å². The molecule has 0 radical (unpaired) electrons. The molecule has 2 saturated carbocycles. The Labute approximate surface area is 225 Å². The van der Waals surface area contributed by atoms with Crippen LogP contribution in [0.15, 0.2) is 73.4 Å². The molecule has 2 fully saturated rings. The molecule has 0 saturated heterocycles. The minimum Gasteiger partial charge on any atom is -0.478 e. The van der Waals surface area contributed by atoms with E-state index in [1.165, 1.54) is 25.7 Å². The van der Waals surface area contributed by atoms with Crippen LogP contribution in [0.5, 0.6) is 0 Å². The van der Waals surface area contributed by atoms with Crippen LogP contribution >= 0.6 is 0 Å². The number of hydrogen-bond acceptors (Lipinski definition) is 7. The zero-order valence-corrected chi connectivity index (χ0v) is 22.0. The van der Waals surface area contributed by atoms with Gasteiger partial charge in [0.15, 0.2) is 12.6 Å². The summed E-state index contributed by atoms with van der Waals surface area (Å²) < 4.78 is 28.3.